The van der Waals surface area contributed by atoms with Gasteiger partial charge in [0.05, 0.1) is 16.3 Å². The minimum absolute atomic E-state index is 0.171. The molecule has 0 aliphatic carbocycles. The Morgan fingerprint density at radius 1 is 1.30 bits per heavy atom. The fourth-order valence-electron chi connectivity index (χ4n) is 1.26. The van der Waals surface area contributed by atoms with Crippen LogP contribution in [-0.2, 0) is 0 Å². The van der Waals surface area contributed by atoms with Crippen molar-refractivity contribution in [2.45, 2.75) is 0 Å². The second kappa shape index (κ2) is 8.19. The van der Waals surface area contributed by atoms with Gasteiger partial charge in [0.15, 0.2) is 0 Å². The molecule has 0 aliphatic rings. The molecule has 3 amide bonds. The first-order valence-corrected chi connectivity index (χ1v) is 6.88. The number of nitrogens with one attached hydrogen (secondary N) is 2. The van der Waals surface area contributed by atoms with E-state index in [-0.39, 0.29) is 11.9 Å². The van der Waals surface area contributed by atoms with Crippen molar-refractivity contribution in [3.63, 3.8) is 0 Å². The van der Waals surface area contributed by atoms with Gasteiger partial charge in [-0.05, 0) is 12.1 Å². The normalized spacial score (nSPS) is 9.35. The first-order chi connectivity index (χ1) is 9.54. The van der Waals surface area contributed by atoms with E-state index in [1.54, 1.807) is 26.2 Å². The van der Waals surface area contributed by atoms with Crippen LogP contribution >= 0.6 is 11.3 Å². The van der Waals surface area contributed by atoms with E-state index in [0.29, 0.717) is 24.5 Å². The Morgan fingerprint density at radius 3 is 2.65 bits per heavy atom. The monoisotopic (exact) mass is 294 g/mol. The van der Waals surface area contributed by atoms with Crippen molar-refractivity contribution < 1.29 is 9.59 Å². The lowest BCUT2D eigenvalue weighted by Crippen LogP contribution is -2.39. The van der Waals surface area contributed by atoms with Gasteiger partial charge in [-0.25, -0.2) is 4.79 Å². The molecule has 1 aromatic heterocycles. The van der Waals surface area contributed by atoms with Crippen LogP contribution in [0.15, 0.2) is 12.1 Å². The number of hydrogen-bond donors (Lipinski definition) is 3. The van der Waals surface area contributed by atoms with Gasteiger partial charge in [0.25, 0.3) is 5.91 Å². The zero-order valence-electron chi connectivity index (χ0n) is 11.5. The number of nitrogens with zero attached hydrogens (tertiary/aromatic N) is 1. The molecule has 0 atom stereocenters. The Bertz CT molecular complexity index is 528. The summed E-state index contributed by atoms with van der Waals surface area (Å²) in [6, 6.07) is 3.32. The quantitative estimate of drug-likeness (QED) is 0.542. The van der Waals surface area contributed by atoms with Gasteiger partial charge in [0.1, 0.15) is 0 Å². The smallest absolute Gasteiger partial charge is 0.316 e. The van der Waals surface area contributed by atoms with Crippen LogP contribution in [-0.4, -0.2) is 50.6 Å². The van der Waals surface area contributed by atoms with E-state index in [1.807, 2.05) is 0 Å². The highest BCUT2D eigenvalue weighted by Gasteiger charge is 2.08. The van der Waals surface area contributed by atoms with Gasteiger partial charge < -0.3 is 21.3 Å². The Morgan fingerprint density at radius 2 is 2.00 bits per heavy atom. The number of amides is 3. The maximum absolute atomic E-state index is 11.8. The van der Waals surface area contributed by atoms with Crippen LogP contribution in [0.4, 0.5) is 4.79 Å². The van der Waals surface area contributed by atoms with Crippen molar-refractivity contribution in [3.05, 3.63) is 21.9 Å². The van der Waals surface area contributed by atoms with Crippen LogP contribution in [0.2, 0.25) is 0 Å². The van der Waals surface area contributed by atoms with Crippen molar-refractivity contribution in [2.24, 2.45) is 5.73 Å². The Labute approximate surface area is 122 Å². The largest absolute Gasteiger partial charge is 0.350 e. The molecule has 0 bridgehead atoms. The number of hydrogen-bond acceptors (Lipinski definition) is 4. The van der Waals surface area contributed by atoms with E-state index in [4.69, 9.17) is 5.73 Å². The molecule has 0 fully saturated rings. The molecule has 1 heterocycles. The fraction of sp³-hybridized carbons (Fsp3) is 0.385. The van der Waals surface area contributed by atoms with Gasteiger partial charge in [0.2, 0.25) is 0 Å². The minimum Gasteiger partial charge on any atom is -0.350 e. The van der Waals surface area contributed by atoms with Crippen molar-refractivity contribution in [2.75, 3.05) is 33.7 Å². The molecule has 0 radical (unpaired) electrons. The van der Waals surface area contributed by atoms with Crippen molar-refractivity contribution >= 4 is 23.3 Å². The van der Waals surface area contributed by atoms with E-state index < -0.39 is 0 Å². The van der Waals surface area contributed by atoms with Crippen LogP contribution in [0.1, 0.15) is 14.5 Å². The third-order valence-corrected chi connectivity index (χ3v) is 3.24. The molecular formula is C13H18N4O2S. The molecule has 0 aliphatic heterocycles. The average molecular weight is 294 g/mol. The third-order valence-electron chi connectivity index (χ3n) is 2.24. The van der Waals surface area contributed by atoms with E-state index in [1.165, 1.54) is 16.2 Å². The third kappa shape index (κ3) is 5.30. The summed E-state index contributed by atoms with van der Waals surface area (Å²) in [7, 11) is 3.31. The van der Waals surface area contributed by atoms with Gasteiger partial charge in [0, 0.05) is 27.2 Å². The highest BCUT2D eigenvalue weighted by Crippen LogP contribution is 2.14. The Hall–Kier alpha value is -2.04. The summed E-state index contributed by atoms with van der Waals surface area (Å²) >= 11 is 1.31. The first-order valence-electron chi connectivity index (χ1n) is 6.06. The summed E-state index contributed by atoms with van der Waals surface area (Å²) in [6.07, 6.45) is 0. The number of carbonyl (C=O) groups excluding carboxylic acids is 2. The molecule has 0 saturated heterocycles. The fourth-order valence-corrected chi connectivity index (χ4v) is 2.05. The summed E-state index contributed by atoms with van der Waals surface area (Å²) in [4.78, 5) is 25.9. The molecule has 0 saturated carbocycles. The second-order valence-corrected chi connectivity index (χ2v) is 5.14. The Balaban J connectivity index is 2.36. The first kappa shape index (κ1) is 16.0. The summed E-state index contributed by atoms with van der Waals surface area (Å²) in [5, 5.41) is 5.39. The highest BCUT2D eigenvalue weighted by molar-refractivity contribution is 7.14. The molecule has 4 N–H and O–H groups in total. The topological polar surface area (TPSA) is 87.5 Å². The molecule has 6 nitrogen and oxygen atoms in total. The van der Waals surface area contributed by atoms with Crippen molar-refractivity contribution in [1.82, 2.24) is 15.5 Å². The SMILES string of the molecule is CN(C)C(=O)NCCNC(=O)c1ccc(C#CCN)s1. The number of rotatable bonds is 4. The van der Waals surface area contributed by atoms with Crippen LogP contribution in [0, 0.1) is 11.8 Å². The molecular weight excluding hydrogens is 276 g/mol. The van der Waals surface area contributed by atoms with Crippen LogP contribution in [0.5, 0.6) is 0 Å². The average Bonchev–Trinajstić information content (AvgIpc) is 2.89. The molecule has 0 unspecified atom stereocenters. The zero-order chi connectivity index (χ0) is 15.0. The predicted molar refractivity (Wildman–Crippen MR) is 79.7 cm³/mol. The maximum atomic E-state index is 11.8. The number of thiophene rings is 1. The summed E-state index contributed by atoms with van der Waals surface area (Å²) in [5.74, 6) is 5.44. The summed E-state index contributed by atoms with van der Waals surface area (Å²) < 4.78 is 0. The van der Waals surface area contributed by atoms with E-state index in [9.17, 15) is 9.59 Å². The molecule has 0 aromatic carbocycles. The minimum atomic E-state index is -0.185. The highest BCUT2D eigenvalue weighted by atomic mass is 32.1. The Kier molecular flexibility index (Phi) is 6.56. The predicted octanol–water partition coefficient (Wildman–Crippen LogP) is 0.0593. The molecule has 7 heteroatoms. The van der Waals surface area contributed by atoms with Crippen molar-refractivity contribution in [3.8, 4) is 11.8 Å². The van der Waals surface area contributed by atoms with Gasteiger partial charge in [-0.15, -0.1) is 11.3 Å². The lowest BCUT2D eigenvalue weighted by Gasteiger charge is -2.11. The molecule has 20 heavy (non-hydrogen) atoms. The zero-order valence-corrected chi connectivity index (χ0v) is 12.3. The number of nitrogens with two attached hydrogens (primary N) is 1. The van der Waals surface area contributed by atoms with E-state index in [2.05, 4.69) is 22.5 Å². The van der Waals surface area contributed by atoms with Gasteiger partial charge in [-0.1, -0.05) is 11.8 Å². The molecule has 0 spiro atoms. The van der Waals surface area contributed by atoms with Gasteiger partial charge in [-0.3, -0.25) is 4.79 Å². The van der Waals surface area contributed by atoms with E-state index >= 15 is 0 Å². The lowest BCUT2D eigenvalue weighted by atomic mass is 10.4. The van der Waals surface area contributed by atoms with Crippen molar-refractivity contribution in [1.29, 1.82) is 0 Å². The van der Waals surface area contributed by atoms with E-state index in [0.717, 1.165) is 4.88 Å². The van der Waals surface area contributed by atoms with Crippen LogP contribution in [0.3, 0.4) is 0 Å². The molecule has 1 rings (SSSR count). The molecule has 1 aromatic rings. The lowest BCUT2D eigenvalue weighted by molar-refractivity contribution is 0.0957. The number of urea groups is 1. The van der Waals surface area contributed by atoms with Gasteiger partial charge >= 0.3 is 6.03 Å². The number of carbonyl (C=O) groups is 2. The summed E-state index contributed by atoms with van der Waals surface area (Å²) in [5.41, 5.74) is 5.28. The second-order valence-electron chi connectivity index (χ2n) is 4.05. The summed E-state index contributed by atoms with van der Waals surface area (Å²) in [6.45, 7) is 1.05. The van der Waals surface area contributed by atoms with Crippen LogP contribution in [0.25, 0.3) is 0 Å². The molecule has 108 valence electrons. The van der Waals surface area contributed by atoms with Crippen LogP contribution < -0.4 is 16.4 Å². The standard InChI is InChI=1S/C13H18N4O2S/c1-17(2)13(19)16-9-8-15-12(18)11-6-5-10(20-11)4-3-7-14/h5-6H,7-9,14H2,1-2H3,(H,15,18)(H,16,19). The maximum Gasteiger partial charge on any atom is 0.316 e. The van der Waals surface area contributed by atoms with Gasteiger partial charge in [-0.2, -0.15) is 0 Å².